The Morgan fingerprint density at radius 2 is 1.90 bits per heavy atom. The molecule has 4 rings (SSSR count). The summed E-state index contributed by atoms with van der Waals surface area (Å²) in [5.41, 5.74) is 3.60. The third-order valence-corrected chi connectivity index (χ3v) is 4.80. The number of nitrogens with one attached hydrogen (secondary N) is 2. The average molecular weight is 405 g/mol. The molecular weight excluding hydrogens is 388 g/mol. The summed E-state index contributed by atoms with van der Waals surface area (Å²) >= 11 is 6.23. The van der Waals surface area contributed by atoms with Crippen molar-refractivity contribution in [2.75, 3.05) is 17.7 Å². The maximum Gasteiger partial charge on any atom is 0.155 e. The molecule has 8 nitrogen and oxygen atoms in total. The van der Waals surface area contributed by atoms with E-state index in [4.69, 9.17) is 16.7 Å². The molecule has 29 heavy (non-hydrogen) atoms. The molecule has 4 aromatic rings. The Labute approximate surface area is 172 Å². The van der Waals surface area contributed by atoms with Crippen LogP contribution in [-0.4, -0.2) is 31.6 Å². The van der Waals surface area contributed by atoms with E-state index in [9.17, 15) is 5.26 Å². The van der Waals surface area contributed by atoms with Gasteiger partial charge in [0.1, 0.15) is 29.6 Å². The van der Waals surface area contributed by atoms with Gasteiger partial charge in [0.05, 0.1) is 17.9 Å². The number of hydrogen-bond donors (Lipinski definition) is 2. The van der Waals surface area contributed by atoms with Crippen LogP contribution in [0, 0.1) is 11.3 Å². The minimum Gasteiger partial charge on any atom is -0.372 e. The first kappa shape index (κ1) is 18.7. The molecule has 3 aromatic heterocycles. The number of nitriles is 1. The second-order valence-corrected chi connectivity index (χ2v) is 6.73. The van der Waals surface area contributed by atoms with Crippen molar-refractivity contribution in [3.8, 4) is 17.3 Å². The van der Waals surface area contributed by atoms with E-state index in [1.165, 1.54) is 6.33 Å². The van der Waals surface area contributed by atoms with E-state index in [1.807, 2.05) is 43.3 Å². The van der Waals surface area contributed by atoms with Crippen LogP contribution in [0.5, 0.6) is 0 Å². The molecule has 0 amide bonds. The highest BCUT2D eigenvalue weighted by Crippen LogP contribution is 2.31. The minimum atomic E-state index is -0.218. The summed E-state index contributed by atoms with van der Waals surface area (Å²) in [4.78, 5) is 12.7. The molecule has 0 aliphatic carbocycles. The van der Waals surface area contributed by atoms with Crippen molar-refractivity contribution in [1.82, 2.24) is 24.6 Å². The second kappa shape index (κ2) is 7.73. The van der Waals surface area contributed by atoms with Crippen LogP contribution < -0.4 is 10.6 Å². The van der Waals surface area contributed by atoms with Crippen LogP contribution in [-0.2, 0) is 0 Å². The van der Waals surface area contributed by atoms with Gasteiger partial charge < -0.3 is 10.6 Å². The molecule has 0 unspecified atom stereocenters. The third-order valence-electron chi connectivity index (χ3n) is 4.54. The van der Waals surface area contributed by atoms with Crippen LogP contribution in [0.15, 0.2) is 48.9 Å². The predicted molar refractivity (Wildman–Crippen MR) is 112 cm³/mol. The summed E-state index contributed by atoms with van der Waals surface area (Å²) in [7, 11) is 1.71. The normalized spacial score (nSPS) is 11.8. The van der Waals surface area contributed by atoms with Crippen molar-refractivity contribution >= 4 is 28.9 Å². The predicted octanol–water partition coefficient (Wildman–Crippen LogP) is 3.93. The van der Waals surface area contributed by atoms with E-state index in [-0.39, 0.29) is 6.04 Å². The Morgan fingerprint density at radius 3 is 2.62 bits per heavy atom. The van der Waals surface area contributed by atoms with E-state index < -0.39 is 0 Å². The van der Waals surface area contributed by atoms with Gasteiger partial charge in [0.15, 0.2) is 10.8 Å². The molecular formula is C20H17ClN8. The number of anilines is 2. The Morgan fingerprint density at radius 1 is 1.14 bits per heavy atom. The van der Waals surface area contributed by atoms with Crippen molar-refractivity contribution < 1.29 is 0 Å². The second-order valence-electron chi connectivity index (χ2n) is 6.34. The van der Waals surface area contributed by atoms with E-state index in [2.05, 4.69) is 31.7 Å². The third kappa shape index (κ3) is 3.44. The Bertz CT molecular complexity index is 1210. The van der Waals surface area contributed by atoms with Gasteiger partial charge in [-0.15, -0.1) is 0 Å². The van der Waals surface area contributed by atoms with Gasteiger partial charge in [0.2, 0.25) is 0 Å². The van der Waals surface area contributed by atoms with Gasteiger partial charge in [-0.1, -0.05) is 41.9 Å². The lowest BCUT2D eigenvalue weighted by atomic mass is 10.0. The summed E-state index contributed by atoms with van der Waals surface area (Å²) in [5.74, 6) is 0.911. The Hall–Kier alpha value is -3.70. The van der Waals surface area contributed by atoms with Gasteiger partial charge >= 0.3 is 0 Å². The monoisotopic (exact) mass is 404 g/mol. The molecule has 0 aliphatic heterocycles. The van der Waals surface area contributed by atoms with Gasteiger partial charge in [0, 0.05) is 18.2 Å². The molecule has 144 valence electrons. The smallest absolute Gasteiger partial charge is 0.155 e. The fourth-order valence-electron chi connectivity index (χ4n) is 3.12. The van der Waals surface area contributed by atoms with Gasteiger partial charge in [-0.3, -0.25) is 0 Å². The number of nitrogens with zero attached hydrogens (tertiary/aromatic N) is 6. The molecule has 0 saturated carbocycles. The highest BCUT2D eigenvalue weighted by atomic mass is 35.5. The van der Waals surface area contributed by atoms with Crippen molar-refractivity contribution in [1.29, 1.82) is 5.26 Å². The zero-order valence-electron chi connectivity index (χ0n) is 15.8. The van der Waals surface area contributed by atoms with Crippen molar-refractivity contribution in [2.24, 2.45) is 0 Å². The maximum atomic E-state index is 9.54. The largest absolute Gasteiger partial charge is 0.372 e. The number of rotatable bonds is 5. The molecule has 9 heteroatoms. The lowest BCUT2D eigenvalue weighted by molar-refractivity contribution is 0.840. The van der Waals surface area contributed by atoms with Gasteiger partial charge in [-0.25, -0.2) is 19.5 Å². The van der Waals surface area contributed by atoms with Gasteiger partial charge in [-0.05, 0) is 13.0 Å². The summed E-state index contributed by atoms with van der Waals surface area (Å²) in [6.45, 7) is 1.98. The van der Waals surface area contributed by atoms with E-state index in [0.717, 1.165) is 16.8 Å². The van der Waals surface area contributed by atoms with Crippen molar-refractivity contribution in [3.05, 3.63) is 65.2 Å². The van der Waals surface area contributed by atoms with E-state index in [1.54, 1.807) is 17.8 Å². The SMILES string of the molecule is CNc1ncnc(N[C@@H](C)c2cc3ncc(Cl)n3nc2-c2ccccc2)c1C#N. The lowest BCUT2D eigenvalue weighted by Crippen LogP contribution is -2.13. The molecule has 2 N–H and O–H groups in total. The van der Waals surface area contributed by atoms with Crippen LogP contribution in [0.1, 0.15) is 24.1 Å². The first-order valence-electron chi connectivity index (χ1n) is 8.91. The van der Waals surface area contributed by atoms with Crippen LogP contribution in [0.3, 0.4) is 0 Å². The number of fused-ring (bicyclic) bond motifs is 1. The summed E-state index contributed by atoms with van der Waals surface area (Å²) in [5, 5.41) is 20.9. The number of benzene rings is 1. The number of imidazole rings is 1. The first-order valence-corrected chi connectivity index (χ1v) is 9.29. The summed E-state index contributed by atoms with van der Waals surface area (Å²) in [6, 6.07) is 13.7. The van der Waals surface area contributed by atoms with Crippen LogP contribution in [0.2, 0.25) is 5.15 Å². The van der Waals surface area contributed by atoms with Gasteiger partial charge in [0.25, 0.3) is 0 Å². The van der Waals surface area contributed by atoms with Crippen LogP contribution in [0.4, 0.5) is 11.6 Å². The molecule has 0 aliphatic rings. The fourth-order valence-corrected chi connectivity index (χ4v) is 3.30. The highest BCUT2D eigenvalue weighted by Gasteiger charge is 2.19. The molecule has 1 aromatic carbocycles. The Balaban J connectivity index is 1.82. The van der Waals surface area contributed by atoms with E-state index in [0.29, 0.717) is 28.0 Å². The summed E-state index contributed by atoms with van der Waals surface area (Å²) in [6.07, 6.45) is 2.98. The maximum absolute atomic E-state index is 9.54. The average Bonchev–Trinajstić information content (AvgIpc) is 3.13. The zero-order valence-corrected chi connectivity index (χ0v) is 16.5. The Kier molecular flexibility index (Phi) is 4.97. The molecule has 0 fully saturated rings. The highest BCUT2D eigenvalue weighted by molar-refractivity contribution is 6.29. The molecule has 0 saturated heterocycles. The van der Waals surface area contributed by atoms with Crippen molar-refractivity contribution in [2.45, 2.75) is 13.0 Å². The molecule has 1 atom stereocenters. The number of halogens is 1. The lowest BCUT2D eigenvalue weighted by Gasteiger charge is -2.19. The van der Waals surface area contributed by atoms with Crippen LogP contribution in [0.25, 0.3) is 16.9 Å². The molecule has 0 radical (unpaired) electrons. The van der Waals surface area contributed by atoms with Crippen molar-refractivity contribution in [3.63, 3.8) is 0 Å². The molecule has 0 bridgehead atoms. The first-order chi connectivity index (χ1) is 14.1. The molecule has 3 heterocycles. The fraction of sp³-hybridized carbons (Fsp3) is 0.150. The zero-order chi connectivity index (χ0) is 20.4. The summed E-state index contributed by atoms with van der Waals surface area (Å²) < 4.78 is 1.60. The molecule has 0 spiro atoms. The van der Waals surface area contributed by atoms with Crippen LogP contribution >= 0.6 is 11.6 Å². The minimum absolute atomic E-state index is 0.218. The topological polar surface area (TPSA) is 104 Å². The van der Waals surface area contributed by atoms with Gasteiger partial charge in [-0.2, -0.15) is 10.4 Å². The number of hydrogen-bond acceptors (Lipinski definition) is 7. The standard InChI is InChI=1S/C20H17ClN8/c1-12(27-20-15(9-22)19(23-2)25-11-26-20)14-8-17-24-10-16(21)29(17)28-18(14)13-6-4-3-5-7-13/h3-8,10-12H,1-2H3,(H2,23,25,26,27)/t12-/m0/s1. The number of aromatic nitrogens is 5. The quantitative estimate of drug-likeness (QED) is 0.519. The van der Waals surface area contributed by atoms with E-state index >= 15 is 0 Å².